The minimum Gasteiger partial charge on any atom is -0.493 e. The molecule has 0 aromatic heterocycles. The molecule has 0 atom stereocenters. The predicted octanol–water partition coefficient (Wildman–Crippen LogP) is 3.34. The number of sulfonamides is 1. The topological polar surface area (TPSA) is 130 Å². The van der Waals surface area contributed by atoms with Crippen LogP contribution in [0.5, 0.6) is 23.0 Å². The van der Waals surface area contributed by atoms with Crippen LogP contribution in [0.25, 0.3) is 0 Å². The molecule has 0 saturated carbocycles. The lowest BCUT2D eigenvalue weighted by Gasteiger charge is -2.25. The molecule has 0 bridgehead atoms. The van der Waals surface area contributed by atoms with Crippen molar-refractivity contribution < 1.29 is 41.7 Å². The van der Waals surface area contributed by atoms with Gasteiger partial charge in [-0.05, 0) is 24.3 Å². The van der Waals surface area contributed by atoms with Crippen LogP contribution in [0.2, 0.25) is 0 Å². The summed E-state index contributed by atoms with van der Waals surface area (Å²) in [5.74, 6) is -0.350. The van der Waals surface area contributed by atoms with Gasteiger partial charge in [0.15, 0.2) is 23.0 Å². The number of nitrogens with zero attached hydrogens (tertiary/aromatic N) is 1. The number of methoxy groups -OCH3 is 5. The zero-order valence-corrected chi connectivity index (χ0v) is 22.3. The summed E-state index contributed by atoms with van der Waals surface area (Å²) in [6.07, 6.45) is 0. The molecule has 0 aliphatic carbocycles. The molecule has 0 aliphatic rings. The summed E-state index contributed by atoms with van der Waals surface area (Å²) in [4.78, 5) is 25.6. The zero-order valence-electron chi connectivity index (χ0n) is 21.5. The third kappa shape index (κ3) is 5.92. The second kappa shape index (κ2) is 12.2. The van der Waals surface area contributed by atoms with Gasteiger partial charge in [0.05, 0.1) is 57.4 Å². The summed E-state index contributed by atoms with van der Waals surface area (Å²) in [5, 5.41) is 2.59. The van der Waals surface area contributed by atoms with Gasteiger partial charge in [-0.15, -0.1) is 0 Å². The number of carbonyl (C=O) groups excluding carboxylic acids is 2. The van der Waals surface area contributed by atoms with Crippen molar-refractivity contribution in [1.82, 2.24) is 0 Å². The van der Waals surface area contributed by atoms with Crippen molar-refractivity contribution >= 4 is 33.3 Å². The minimum atomic E-state index is -4.20. The number of amides is 1. The van der Waals surface area contributed by atoms with E-state index in [1.54, 1.807) is 18.2 Å². The summed E-state index contributed by atoms with van der Waals surface area (Å²) >= 11 is 0. The van der Waals surface area contributed by atoms with Crippen LogP contribution < -0.4 is 28.6 Å². The molecular weight excluding hydrogens is 516 g/mol. The minimum absolute atomic E-state index is 0.0120. The number of rotatable bonds is 11. The lowest BCUT2D eigenvalue weighted by Crippen LogP contribution is -2.38. The van der Waals surface area contributed by atoms with Gasteiger partial charge in [-0.2, -0.15) is 0 Å². The lowest BCUT2D eigenvalue weighted by atomic mass is 10.1. The second-order valence-corrected chi connectivity index (χ2v) is 9.52. The van der Waals surface area contributed by atoms with Crippen LogP contribution in [0.3, 0.4) is 0 Å². The summed E-state index contributed by atoms with van der Waals surface area (Å²) < 4.78 is 54.1. The van der Waals surface area contributed by atoms with Crippen molar-refractivity contribution in [2.45, 2.75) is 4.90 Å². The second-order valence-electron chi connectivity index (χ2n) is 7.66. The molecule has 11 nitrogen and oxygen atoms in total. The Morgan fingerprint density at radius 1 is 0.763 bits per heavy atom. The number of carbonyl (C=O) groups is 2. The van der Waals surface area contributed by atoms with E-state index in [0.29, 0.717) is 5.75 Å². The van der Waals surface area contributed by atoms with E-state index in [1.807, 2.05) is 0 Å². The number of nitrogens with one attached hydrogen (secondary N) is 1. The zero-order chi connectivity index (χ0) is 27.9. The Hall–Kier alpha value is -4.45. The van der Waals surface area contributed by atoms with Gasteiger partial charge in [-0.3, -0.25) is 9.10 Å². The fourth-order valence-corrected chi connectivity index (χ4v) is 5.03. The average molecular weight is 545 g/mol. The van der Waals surface area contributed by atoms with Crippen LogP contribution in [0.1, 0.15) is 10.4 Å². The molecule has 0 fully saturated rings. The van der Waals surface area contributed by atoms with Gasteiger partial charge < -0.3 is 29.0 Å². The van der Waals surface area contributed by atoms with E-state index in [-0.39, 0.29) is 39.1 Å². The third-order valence-electron chi connectivity index (χ3n) is 5.48. The number of ether oxygens (including phenoxy) is 5. The number of benzene rings is 3. The highest BCUT2D eigenvalue weighted by Gasteiger charge is 2.29. The highest BCUT2D eigenvalue weighted by atomic mass is 32.2. The molecule has 0 heterocycles. The molecule has 3 aromatic carbocycles. The maximum atomic E-state index is 13.6. The van der Waals surface area contributed by atoms with E-state index >= 15 is 0 Å². The largest absolute Gasteiger partial charge is 0.493 e. The maximum Gasteiger partial charge on any atom is 0.340 e. The van der Waals surface area contributed by atoms with Crippen LogP contribution in [0, 0.1) is 0 Å². The smallest absolute Gasteiger partial charge is 0.340 e. The van der Waals surface area contributed by atoms with E-state index in [2.05, 4.69) is 5.32 Å². The molecule has 12 heteroatoms. The van der Waals surface area contributed by atoms with Gasteiger partial charge in [0, 0.05) is 18.2 Å². The van der Waals surface area contributed by atoms with Crippen molar-refractivity contribution in [2.75, 3.05) is 51.7 Å². The van der Waals surface area contributed by atoms with Gasteiger partial charge in [-0.25, -0.2) is 13.2 Å². The van der Waals surface area contributed by atoms with Gasteiger partial charge in [0.25, 0.3) is 10.0 Å². The van der Waals surface area contributed by atoms with Crippen LogP contribution >= 0.6 is 0 Å². The molecule has 202 valence electrons. The number of hydrogen-bond donors (Lipinski definition) is 1. The fraction of sp³-hybridized carbons (Fsp3) is 0.231. The highest BCUT2D eigenvalue weighted by Crippen LogP contribution is 2.35. The SMILES string of the molecule is COC(=O)c1cc(OC)c(OC)cc1NC(=O)CN(c1ccc(OC)c(OC)c1)S(=O)(=O)c1ccccc1. The van der Waals surface area contributed by atoms with Crippen LogP contribution in [0.4, 0.5) is 11.4 Å². The standard InChI is InChI=1S/C26H28N2O9S/c1-33-21-12-11-17(13-22(21)34-2)28(38(31,32)18-9-7-6-8-10-18)16-25(29)27-20-15-24(36-4)23(35-3)14-19(20)26(30)37-5/h6-15H,16H2,1-5H3,(H,27,29). The van der Waals surface area contributed by atoms with E-state index in [4.69, 9.17) is 23.7 Å². The number of esters is 1. The Balaban J connectivity index is 2.06. The fourth-order valence-electron chi connectivity index (χ4n) is 3.60. The van der Waals surface area contributed by atoms with Crippen LogP contribution in [-0.2, 0) is 19.6 Å². The predicted molar refractivity (Wildman–Crippen MR) is 140 cm³/mol. The first-order valence-corrected chi connectivity index (χ1v) is 12.6. The summed E-state index contributed by atoms with van der Waals surface area (Å²) in [7, 11) is 2.64. The van der Waals surface area contributed by atoms with E-state index in [9.17, 15) is 18.0 Å². The van der Waals surface area contributed by atoms with Gasteiger partial charge >= 0.3 is 5.97 Å². The van der Waals surface area contributed by atoms with Crippen molar-refractivity contribution in [3.63, 3.8) is 0 Å². The first-order chi connectivity index (χ1) is 18.2. The van der Waals surface area contributed by atoms with Crippen molar-refractivity contribution in [3.8, 4) is 23.0 Å². The molecule has 0 unspecified atom stereocenters. The van der Waals surface area contributed by atoms with E-state index in [0.717, 1.165) is 4.31 Å². The number of hydrogen-bond acceptors (Lipinski definition) is 9. The van der Waals surface area contributed by atoms with Crippen molar-refractivity contribution in [3.05, 3.63) is 66.2 Å². The average Bonchev–Trinajstić information content (AvgIpc) is 2.95. The summed E-state index contributed by atoms with van der Waals surface area (Å²) in [6, 6.07) is 14.9. The highest BCUT2D eigenvalue weighted by molar-refractivity contribution is 7.92. The third-order valence-corrected chi connectivity index (χ3v) is 7.26. The van der Waals surface area contributed by atoms with E-state index in [1.165, 1.54) is 78.0 Å². The molecule has 3 aromatic rings. The molecule has 0 saturated heterocycles. The molecular formula is C26H28N2O9S. The van der Waals surface area contributed by atoms with Crippen LogP contribution in [0.15, 0.2) is 65.6 Å². The molecule has 38 heavy (non-hydrogen) atoms. The quantitative estimate of drug-likeness (QED) is 0.361. The molecule has 0 aliphatic heterocycles. The molecule has 1 N–H and O–H groups in total. The Labute approximate surface area is 220 Å². The molecule has 1 amide bonds. The number of anilines is 2. The van der Waals surface area contributed by atoms with Crippen molar-refractivity contribution in [2.24, 2.45) is 0 Å². The Morgan fingerprint density at radius 2 is 1.34 bits per heavy atom. The first-order valence-electron chi connectivity index (χ1n) is 11.1. The monoisotopic (exact) mass is 544 g/mol. The summed E-state index contributed by atoms with van der Waals surface area (Å²) in [5.41, 5.74) is 0.188. The van der Waals surface area contributed by atoms with Crippen LogP contribution in [-0.4, -0.2) is 62.4 Å². The van der Waals surface area contributed by atoms with E-state index < -0.39 is 28.4 Å². The normalized spacial score (nSPS) is 10.8. The van der Waals surface area contributed by atoms with Gasteiger partial charge in [0.1, 0.15) is 6.54 Å². The maximum absolute atomic E-state index is 13.6. The Morgan fingerprint density at radius 3 is 1.92 bits per heavy atom. The molecule has 3 rings (SSSR count). The lowest BCUT2D eigenvalue weighted by molar-refractivity contribution is -0.114. The Bertz CT molecular complexity index is 1410. The summed E-state index contributed by atoms with van der Waals surface area (Å²) in [6.45, 7) is -0.637. The first kappa shape index (κ1) is 28.1. The molecule has 0 spiro atoms. The molecule has 0 radical (unpaired) electrons. The van der Waals surface area contributed by atoms with Gasteiger partial charge in [-0.1, -0.05) is 18.2 Å². The van der Waals surface area contributed by atoms with Crippen molar-refractivity contribution in [1.29, 1.82) is 0 Å². The Kier molecular flexibility index (Phi) is 9.02. The van der Waals surface area contributed by atoms with Gasteiger partial charge in [0.2, 0.25) is 5.91 Å².